The molecule has 0 bridgehead atoms. The van der Waals surface area contributed by atoms with Crippen LogP contribution in [0.3, 0.4) is 0 Å². The molecule has 2 aromatic rings. The van der Waals surface area contributed by atoms with Gasteiger partial charge >= 0.3 is 0 Å². The quantitative estimate of drug-likeness (QED) is 0.834. The number of hydrogen-bond acceptors (Lipinski definition) is 3. The van der Waals surface area contributed by atoms with Gasteiger partial charge in [-0.05, 0) is 49.8 Å². The Morgan fingerprint density at radius 3 is 2.26 bits per heavy atom. The second kappa shape index (κ2) is 7.47. The van der Waals surface area contributed by atoms with Crippen LogP contribution < -0.4 is 0 Å². The third kappa shape index (κ3) is 3.65. The summed E-state index contributed by atoms with van der Waals surface area (Å²) in [6, 6.07) is 9.42. The fraction of sp³-hybridized carbons (Fsp3) is 0.545. The maximum absolute atomic E-state index is 12.7. The molecule has 0 spiro atoms. The van der Waals surface area contributed by atoms with Crippen LogP contribution in [-0.2, 0) is 31.1 Å². The molecule has 1 aliphatic carbocycles. The summed E-state index contributed by atoms with van der Waals surface area (Å²) in [6.45, 7) is 7.82. The van der Waals surface area contributed by atoms with Crippen molar-refractivity contribution in [3.63, 3.8) is 0 Å². The third-order valence-corrected chi connectivity index (χ3v) is 6.46. The smallest absolute Gasteiger partial charge is 0.222 e. The minimum Gasteiger partial charge on any atom is -0.340 e. The predicted molar refractivity (Wildman–Crippen MR) is 107 cm³/mol. The highest BCUT2D eigenvalue weighted by atomic mass is 16.2. The van der Waals surface area contributed by atoms with Gasteiger partial charge in [0, 0.05) is 51.4 Å². The minimum absolute atomic E-state index is 0.284. The highest BCUT2D eigenvalue weighted by Crippen LogP contribution is 2.26. The first-order valence-electron chi connectivity index (χ1n) is 10.1. The number of nitrogens with zero attached hydrogens (tertiary/aromatic N) is 4. The lowest BCUT2D eigenvalue weighted by Gasteiger charge is -2.38. The van der Waals surface area contributed by atoms with Crippen LogP contribution in [0.5, 0.6) is 0 Å². The van der Waals surface area contributed by atoms with Gasteiger partial charge in [-0.1, -0.05) is 24.3 Å². The summed E-state index contributed by atoms with van der Waals surface area (Å²) in [5, 5.41) is 4.46. The number of aromatic nitrogens is 2. The first-order valence-corrected chi connectivity index (χ1v) is 10.1. The molecule has 1 amide bonds. The van der Waals surface area contributed by atoms with Crippen LogP contribution in [0.2, 0.25) is 0 Å². The predicted octanol–water partition coefficient (Wildman–Crippen LogP) is 2.28. The number of hydrogen-bond donors (Lipinski definition) is 0. The molecule has 2 aliphatic rings. The molecule has 1 aliphatic heterocycles. The van der Waals surface area contributed by atoms with Crippen molar-refractivity contribution in [1.29, 1.82) is 0 Å². The summed E-state index contributed by atoms with van der Waals surface area (Å²) in [5.41, 5.74) is 6.46. The van der Waals surface area contributed by atoms with E-state index in [0.717, 1.165) is 51.1 Å². The van der Waals surface area contributed by atoms with Gasteiger partial charge in [0.2, 0.25) is 5.91 Å². The Kier molecular flexibility index (Phi) is 5.04. The fourth-order valence-electron chi connectivity index (χ4n) is 4.70. The molecule has 27 heavy (non-hydrogen) atoms. The number of amides is 1. The first kappa shape index (κ1) is 18.2. The van der Waals surface area contributed by atoms with Crippen molar-refractivity contribution in [3.8, 4) is 0 Å². The first-order chi connectivity index (χ1) is 13.0. The molecule has 1 aromatic heterocycles. The molecule has 0 saturated carbocycles. The highest BCUT2D eigenvalue weighted by molar-refractivity contribution is 5.76. The number of fused-ring (bicyclic) bond motifs is 1. The van der Waals surface area contributed by atoms with E-state index < -0.39 is 0 Å². The van der Waals surface area contributed by atoms with Crippen molar-refractivity contribution in [2.24, 2.45) is 7.05 Å². The van der Waals surface area contributed by atoms with Gasteiger partial charge in [-0.15, -0.1) is 0 Å². The van der Waals surface area contributed by atoms with E-state index in [-0.39, 0.29) is 5.91 Å². The van der Waals surface area contributed by atoms with Gasteiger partial charge < -0.3 is 4.90 Å². The standard InChI is InChI=1S/C22H30N4O/c1-16-21(17(2)24(3)23-16)8-9-22(27)26-12-10-25(11-13-26)20-14-18-6-4-5-7-19(18)15-20/h4-7,20H,8-15H2,1-3H3. The van der Waals surface area contributed by atoms with Crippen molar-refractivity contribution in [2.45, 2.75) is 45.6 Å². The van der Waals surface area contributed by atoms with Gasteiger partial charge in [0.25, 0.3) is 0 Å². The van der Waals surface area contributed by atoms with Gasteiger partial charge in [-0.2, -0.15) is 5.10 Å². The second-order valence-electron chi connectivity index (χ2n) is 8.02. The third-order valence-electron chi connectivity index (χ3n) is 6.46. The van der Waals surface area contributed by atoms with Crippen LogP contribution in [0.15, 0.2) is 24.3 Å². The average molecular weight is 367 g/mol. The van der Waals surface area contributed by atoms with E-state index in [1.807, 2.05) is 18.7 Å². The van der Waals surface area contributed by atoms with Crippen molar-refractivity contribution < 1.29 is 4.79 Å². The molecule has 0 radical (unpaired) electrons. The Bertz CT molecular complexity index is 808. The Labute approximate surface area is 162 Å². The lowest BCUT2D eigenvalue weighted by atomic mass is 10.1. The lowest BCUT2D eigenvalue weighted by Crippen LogP contribution is -2.52. The average Bonchev–Trinajstić information content (AvgIpc) is 3.21. The van der Waals surface area contributed by atoms with E-state index in [1.165, 1.54) is 22.4 Å². The Hall–Kier alpha value is -2.14. The molecule has 1 saturated heterocycles. The summed E-state index contributed by atoms with van der Waals surface area (Å²) >= 11 is 0. The van der Waals surface area contributed by atoms with E-state index >= 15 is 0 Å². The summed E-state index contributed by atoms with van der Waals surface area (Å²) in [5.74, 6) is 0.284. The number of carbonyl (C=O) groups is 1. The number of aryl methyl sites for hydroxylation is 2. The van der Waals surface area contributed by atoms with Crippen molar-refractivity contribution in [1.82, 2.24) is 19.6 Å². The molecule has 5 heteroatoms. The van der Waals surface area contributed by atoms with Crippen molar-refractivity contribution in [3.05, 3.63) is 52.3 Å². The number of piperazine rings is 1. The van der Waals surface area contributed by atoms with Crippen LogP contribution in [0.25, 0.3) is 0 Å². The summed E-state index contributed by atoms with van der Waals surface area (Å²) in [4.78, 5) is 17.3. The largest absolute Gasteiger partial charge is 0.340 e. The highest BCUT2D eigenvalue weighted by Gasteiger charge is 2.30. The van der Waals surface area contributed by atoms with Gasteiger partial charge in [0.15, 0.2) is 0 Å². The van der Waals surface area contributed by atoms with Crippen molar-refractivity contribution >= 4 is 5.91 Å². The van der Waals surface area contributed by atoms with E-state index in [2.05, 4.69) is 46.1 Å². The van der Waals surface area contributed by atoms with E-state index in [1.54, 1.807) is 0 Å². The van der Waals surface area contributed by atoms with Crippen molar-refractivity contribution in [2.75, 3.05) is 26.2 Å². The maximum Gasteiger partial charge on any atom is 0.222 e. The zero-order chi connectivity index (χ0) is 19.0. The Morgan fingerprint density at radius 2 is 1.70 bits per heavy atom. The van der Waals surface area contributed by atoms with E-state index in [0.29, 0.717) is 12.5 Å². The van der Waals surface area contributed by atoms with E-state index in [4.69, 9.17) is 0 Å². The molecular formula is C22H30N4O. The zero-order valence-electron chi connectivity index (χ0n) is 16.7. The summed E-state index contributed by atoms with van der Waals surface area (Å²) in [6.07, 6.45) is 3.69. The van der Waals surface area contributed by atoms with Gasteiger partial charge in [-0.25, -0.2) is 0 Å². The van der Waals surface area contributed by atoms with Crippen LogP contribution in [-0.4, -0.2) is 57.7 Å². The topological polar surface area (TPSA) is 41.4 Å². The molecule has 5 nitrogen and oxygen atoms in total. The Balaban J connectivity index is 1.27. The number of rotatable bonds is 4. The van der Waals surface area contributed by atoms with Gasteiger partial charge in [0.1, 0.15) is 0 Å². The molecule has 2 heterocycles. The zero-order valence-corrected chi connectivity index (χ0v) is 16.7. The monoisotopic (exact) mass is 366 g/mol. The molecule has 0 N–H and O–H groups in total. The summed E-state index contributed by atoms with van der Waals surface area (Å²) < 4.78 is 1.91. The maximum atomic E-state index is 12.7. The van der Waals surface area contributed by atoms with Crippen LogP contribution >= 0.6 is 0 Å². The fourth-order valence-corrected chi connectivity index (χ4v) is 4.70. The molecule has 1 aromatic carbocycles. The molecular weight excluding hydrogens is 336 g/mol. The van der Waals surface area contributed by atoms with Crippen LogP contribution in [0.4, 0.5) is 0 Å². The molecule has 1 fully saturated rings. The Morgan fingerprint density at radius 1 is 1.07 bits per heavy atom. The summed E-state index contributed by atoms with van der Waals surface area (Å²) in [7, 11) is 1.97. The molecule has 144 valence electrons. The number of benzene rings is 1. The molecule has 0 unspecified atom stereocenters. The normalized spacial score (nSPS) is 18.1. The van der Waals surface area contributed by atoms with Gasteiger partial charge in [0.05, 0.1) is 5.69 Å². The minimum atomic E-state index is 0.284. The van der Waals surface area contributed by atoms with Crippen LogP contribution in [0, 0.1) is 13.8 Å². The number of carbonyl (C=O) groups excluding carboxylic acids is 1. The second-order valence-corrected chi connectivity index (χ2v) is 8.02. The van der Waals surface area contributed by atoms with E-state index in [9.17, 15) is 4.79 Å². The molecule has 0 atom stereocenters. The molecule has 4 rings (SSSR count). The van der Waals surface area contributed by atoms with Gasteiger partial charge in [-0.3, -0.25) is 14.4 Å². The lowest BCUT2D eigenvalue weighted by molar-refractivity contribution is -0.133. The van der Waals surface area contributed by atoms with Crippen LogP contribution in [0.1, 0.15) is 34.5 Å². The SMILES string of the molecule is Cc1nn(C)c(C)c1CCC(=O)N1CCN(C2Cc3ccccc3C2)CC1.